The van der Waals surface area contributed by atoms with Crippen LogP contribution in [0.15, 0.2) is 30.5 Å². The van der Waals surface area contributed by atoms with Crippen LogP contribution in [0.4, 0.5) is 10.5 Å². The smallest absolute Gasteiger partial charge is 0.409 e. The van der Waals surface area contributed by atoms with Crippen molar-refractivity contribution in [1.29, 1.82) is 0 Å². The molecular formula is C26H33N5O5. The number of benzene rings is 1. The van der Waals surface area contributed by atoms with Gasteiger partial charge in [-0.05, 0) is 44.0 Å². The van der Waals surface area contributed by atoms with Gasteiger partial charge in [0.1, 0.15) is 5.75 Å². The predicted octanol–water partition coefficient (Wildman–Crippen LogP) is 3.07. The Kier molecular flexibility index (Phi) is 6.97. The third-order valence-electron chi connectivity index (χ3n) is 7.24. The lowest BCUT2D eigenvalue weighted by molar-refractivity contribution is 0.0990. The molecule has 1 aromatic carbocycles. The van der Waals surface area contributed by atoms with Crippen LogP contribution in [0.1, 0.15) is 36.9 Å². The van der Waals surface area contributed by atoms with E-state index in [1.54, 1.807) is 12.0 Å². The fourth-order valence-corrected chi connectivity index (χ4v) is 5.23. The first-order chi connectivity index (χ1) is 17.5. The molecule has 0 spiro atoms. The van der Waals surface area contributed by atoms with Gasteiger partial charge in [-0.3, -0.25) is 0 Å². The van der Waals surface area contributed by atoms with Gasteiger partial charge in [0.05, 0.1) is 57.3 Å². The van der Waals surface area contributed by atoms with Crippen LogP contribution in [-0.4, -0.2) is 83.8 Å². The van der Waals surface area contributed by atoms with Crippen molar-refractivity contribution in [3.63, 3.8) is 0 Å². The third kappa shape index (κ3) is 4.46. The summed E-state index contributed by atoms with van der Waals surface area (Å²) in [6.45, 7) is 5.38. The van der Waals surface area contributed by atoms with Gasteiger partial charge in [-0.2, -0.15) is 5.10 Å². The Hall–Kier alpha value is -3.37. The topological polar surface area (TPSA) is 102 Å². The number of hydrogen-bond donors (Lipinski definition) is 1. The van der Waals surface area contributed by atoms with E-state index in [0.717, 1.165) is 47.7 Å². The van der Waals surface area contributed by atoms with Crippen LogP contribution < -0.4 is 9.64 Å². The molecule has 10 nitrogen and oxygen atoms in total. The van der Waals surface area contributed by atoms with Crippen molar-refractivity contribution in [2.24, 2.45) is 0 Å². The van der Waals surface area contributed by atoms with Crippen LogP contribution >= 0.6 is 0 Å². The van der Waals surface area contributed by atoms with Gasteiger partial charge in [-0.15, -0.1) is 0 Å². The third-order valence-corrected chi connectivity index (χ3v) is 7.24. The molecule has 1 N–H and O–H groups in total. The Morgan fingerprint density at radius 2 is 2.00 bits per heavy atom. The molecule has 3 aromatic rings. The molecule has 0 radical (unpaired) electrons. The summed E-state index contributed by atoms with van der Waals surface area (Å²) in [6, 6.07) is 8.03. The number of aliphatic hydroxyl groups excluding tert-OH is 1. The number of nitrogens with zero attached hydrogens (tertiary/aromatic N) is 5. The second-order valence-corrected chi connectivity index (χ2v) is 9.37. The quantitative estimate of drug-likeness (QED) is 0.576. The lowest BCUT2D eigenvalue weighted by Crippen LogP contribution is -2.44. The average molecular weight is 496 g/mol. The number of carbonyl (C=O) groups is 1. The molecule has 2 aliphatic rings. The number of aliphatic hydroxyl groups is 1. The molecule has 0 saturated carbocycles. The molecule has 192 valence electrons. The summed E-state index contributed by atoms with van der Waals surface area (Å²) in [5.41, 5.74) is 5.25. The molecule has 4 heterocycles. The summed E-state index contributed by atoms with van der Waals surface area (Å²) in [7, 11) is 3.01. The van der Waals surface area contributed by atoms with Crippen LogP contribution in [0.3, 0.4) is 0 Å². The first kappa shape index (κ1) is 24.3. The van der Waals surface area contributed by atoms with E-state index in [2.05, 4.69) is 17.9 Å². The average Bonchev–Trinajstić information content (AvgIpc) is 3.36. The van der Waals surface area contributed by atoms with E-state index < -0.39 is 0 Å². The number of carbonyl (C=O) groups excluding carboxylic acids is 1. The van der Waals surface area contributed by atoms with Gasteiger partial charge in [0.25, 0.3) is 0 Å². The summed E-state index contributed by atoms with van der Waals surface area (Å²) in [6.07, 6.45) is 3.27. The standard InChI is InChI=1S/C26H33N5O5/c1-17-16-36-11-10-30(17)22-13-21(19-4-5-24(34-2)20(12-19)15-32)28-31-23(14-27-25(22)31)18-6-8-29(9-7-18)26(33)35-3/h4-5,12-14,17-18,32H,6-11,15-16H2,1-3H3/t17-/m0/s1. The van der Waals surface area contributed by atoms with Crippen LogP contribution in [0.2, 0.25) is 0 Å². The molecule has 0 bridgehead atoms. The number of anilines is 1. The van der Waals surface area contributed by atoms with Crippen molar-refractivity contribution < 1.29 is 24.1 Å². The van der Waals surface area contributed by atoms with Gasteiger partial charge >= 0.3 is 6.09 Å². The molecule has 10 heteroatoms. The molecule has 2 saturated heterocycles. The van der Waals surface area contributed by atoms with Gasteiger partial charge in [0.15, 0.2) is 5.65 Å². The van der Waals surface area contributed by atoms with E-state index in [1.807, 2.05) is 28.9 Å². The van der Waals surface area contributed by atoms with Crippen LogP contribution in [0.5, 0.6) is 5.75 Å². The fourth-order valence-electron chi connectivity index (χ4n) is 5.23. The molecule has 5 rings (SSSR count). The molecular weight excluding hydrogens is 462 g/mol. The minimum atomic E-state index is -0.283. The van der Waals surface area contributed by atoms with E-state index in [-0.39, 0.29) is 24.7 Å². The Morgan fingerprint density at radius 1 is 1.19 bits per heavy atom. The summed E-state index contributed by atoms with van der Waals surface area (Å²) in [5.74, 6) is 0.868. The zero-order valence-corrected chi connectivity index (χ0v) is 21.0. The number of aromatic nitrogens is 3. The number of morpholine rings is 1. The SMILES string of the molecule is COC(=O)N1CCC(c2cnc3c(N4CCOC[C@@H]4C)cc(-c4ccc(OC)c(CO)c4)nn23)CC1. The molecule has 1 amide bonds. The van der Waals surface area contributed by atoms with E-state index in [4.69, 9.17) is 24.3 Å². The van der Waals surface area contributed by atoms with Crippen molar-refractivity contribution in [2.75, 3.05) is 52.0 Å². The number of piperidine rings is 1. The number of rotatable bonds is 5. The largest absolute Gasteiger partial charge is 0.496 e. The van der Waals surface area contributed by atoms with Crippen molar-refractivity contribution in [3.05, 3.63) is 41.7 Å². The number of hydrogen-bond acceptors (Lipinski definition) is 8. The zero-order valence-electron chi connectivity index (χ0n) is 21.0. The Balaban J connectivity index is 1.58. The normalized spacial score (nSPS) is 19.1. The molecule has 0 unspecified atom stereocenters. The number of methoxy groups -OCH3 is 2. The molecule has 2 aliphatic heterocycles. The molecule has 36 heavy (non-hydrogen) atoms. The molecule has 2 aromatic heterocycles. The first-order valence-corrected chi connectivity index (χ1v) is 12.4. The van der Waals surface area contributed by atoms with Gasteiger partial charge in [-0.25, -0.2) is 14.3 Å². The summed E-state index contributed by atoms with van der Waals surface area (Å²) >= 11 is 0. The van der Waals surface area contributed by atoms with Crippen molar-refractivity contribution in [1.82, 2.24) is 19.5 Å². The highest BCUT2D eigenvalue weighted by atomic mass is 16.5. The molecule has 1 atom stereocenters. The van der Waals surface area contributed by atoms with Gasteiger partial charge in [-0.1, -0.05) is 0 Å². The lowest BCUT2D eigenvalue weighted by Gasteiger charge is -2.35. The summed E-state index contributed by atoms with van der Waals surface area (Å²) in [5, 5.41) is 14.9. The second kappa shape index (κ2) is 10.3. The van der Waals surface area contributed by atoms with E-state index >= 15 is 0 Å². The predicted molar refractivity (Wildman–Crippen MR) is 134 cm³/mol. The maximum atomic E-state index is 12.0. The van der Waals surface area contributed by atoms with Gasteiger partial charge in [0, 0.05) is 42.7 Å². The van der Waals surface area contributed by atoms with Gasteiger partial charge in [0.2, 0.25) is 0 Å². The maximum absolute atomic E-state index is 12.0. The van der Waals surface area contributed by atoms with Crippen molar-refractivity contribution >= 4 is 17.4 Å². The highest BCUT2D eigenvalue weighted by molar-refractivity contribution is 5.76. The minimum Gasteiger partial charge on any atom is -0.496 e. The highest BCUT2D eigenvalue weighted by Crippen LogP contribution is 2.35. The minimum absolute atomic E-state index is 0.123. The highest BCUT2D eigenvalue weighted by Gasteiger charge is 2.29. The Morgan fingerprint density at radius 3 is 2.69 bits per heavy atom. The number of fused-ring (bicyclic) bond motifs is 1. The Bertz CT molecular complexity index is 1240. The molecule has 2 fully saturated rings. The van der Waals surface area contributed by atoms with Crippen LogP contribution in [0.25, 0.3) is 16.9 Å². The van der Waals surface area contributed by atoms with E-state index in [9.17, 15) is 9.90 Å². The monoisotopic (exact) mass is 495 g/mol. The van der Waals surface area contributed by atoms with Gasteiger partial charge < -0.3 is 29.1 Å². The fraction of sp³-hybridized carbons (Fsp3) is 0.500. The Labute approximate surface area is 210 Å². The van der Waals surface area contributed by atoms with Crippen LogP contribution in [-0.2, 0) is 16.1 Å². The summed E-state index contributed by atoms with van der Waals surface area (Å²) < 4.78 is 17.9. The van der Waals surface area contributed by atoms with E-state index in [1.165, 1.54) is 7.11 Å². The van der Waals surface area contributed by atoms with Crippen molar-refractivity contribution in [2.45, 2.75) is 38.3 Å². The number of imidazole rings is 1. The van der Waals surface area contributed by atoms with Crippen LogP contribution in [0, 0.1) is 0 Å². The number of likely N-dealkylation sites (tertiary alicyclic amines) is 1. The number of ether oxygens (including phenoxy) is 3. The zero-order chi connectivity index (χ0) is 25.2. The molecule has 0 aliphatic carbocycles. The first-order valence-electron chi connectivity index (χ1n) is 12.4. The lowest BCUT2D eigenvalue weighted by atomic mass is 9.94. The number of amides is 1. The second-order valence-electron chi connectivity index (χ2n) is 9.37. The van der Waals surface area contributed by atoms with E-state index in [0.29, 0.717) is 37.6 Å². The summed E-state index contributed by atoms with van der Waals surface area (Å²) in [4.78, 5) is 20.8. The maximum Gasteiger partial charge on any atom is 0.409 e. The van der Waals surface area contributed by atoms with Crippen molar-refractivity contribution in [3.8, 4) is 17.0 Å².